The monoisotopic (exact) mass is 235 g/mol. The molecule has 0 aliphatic rings. The van der Waals surface area contributed by atoms with Crippen molar-refractivity contribution in [1.82, 2.24) is 15.1 Å². The molecular formula is C10H16F3N3. The van der Waals surface area contributed by atoms with Gasteiger partial charge in [0.15, 0.2) is 0 Å². The van der Waals surface area contributed by atoms with Crippen LogP contribution in [0.25, 0.3) is 0 Å². The van der Waals surface area contributed by atoms with Gasteiger partial charge in [-0.05, 0) is 27.0 Å². The summed E-state index contributed by atoms with van der Waals surface area (Å²) in [6.45, 7) is 3.85. The minimum absolute atomic E-state index is 0.139. The van der Waals surface area contributed by atoms with Crippen molar-refractivity contribution in [2.24, 2.45) is 0 Å². The highest BCUT2D eigenvalue weighted by atomic mass is 19.4. The van der Waals surface area contributed by atoms with E-state index in [9.17, 15) is 13.2 Å². The number of halogens is 3. The van der Waals surface area contributed by atoms with E-state index < -0.39 is 12.2 Å². The predicted octanol–water partition coefficient (Wildman–Crippen LogP) is 2.16. The molecule has 1 heterocycles. The fourth-order valence-corrected chi connectivity index (χ4v) is 1.36. The highest BCUT2D eigenvalue weighted by molar-refractivity contribution is 5.03. The van der Waals surface area contributed by atoms with Crippen LogP contribution in [0.4, 0.5) is 13.2 Å². The smallest absolute Gasteiger partial charge is 0.309 e. The van der Waals surface area contributed by atoms with Crippen LogP contribution in [0.5, 0.6) is 0 Å². The topological polar surface area (TPSA) is 29.9 Å². The van der Waals surface area contributed by atoms with Gasteiger partial charge in [0.1, 0.15) is 6.04 Å². The van der Waals surface area contributed by atoms with Gasteiger partial charge in [-0.15, -0.1) is 0 Å². The number of rotatable bonds is 4. The molecule has 0 amide bonds. The Kier molecular flexibility index (Phi) is 3.96. The van der Waals surface area contributed by atoms with Crippen molar-refractivity contribution in [3.63, 3.8) is 0 Å². The molecule has 1 rings (SSSR count). The van der Waals surface area contributed by atoms with Gasteiger partial charge in [0.25, 0.3) is 0 Å². The van der Waals surface area contributed by atoms with E-state index >= 15 is 0 Å². The molecule has 0 aliphatic heterocycles. The Morgan fingerprint density at radius 2 is 2.06 bits per heavy atom. The third kappa shape index (κ3) is 3.23. The molecule has 0 radical (unpaired) electrons. The molecule has 1 atom stereocenters. The Balaban J connectivity index is 2.71. The summed E-state index contributed by atoms with van der Waals surface area (Å²) in [6.07, 6.45) is -2.68. The Labute approximate surface area is 92.6 Å². The molecule has 3 nitrogen and oxygen atoms in total. The zero-order chi connectivity index (χ0) is 12.3. The molecule has 1 N–H and O–H groups in total. The second kappa shape index (κ2) is 4.86. The summed E-state index contributed by atoms with van der Waals surface area (Å²) in [5.41, 5.74) is 0.449. The summed E-state index contributed by atoms with van der Waals surface area (Å²) in [7, 11) is 1.30. The standard InChI is InChI=1S/C10H16F3N3/c1-7(2)16-5-4-8(15-16)6-9(14-3)10(11,12)13/h4-5,7,9,14H,6H2,1-3H3. The van der Waals surface area contributed by atoms with Gasteiger partial charge in [-0.3, -0.25) is 4.68 Å². The second-order valence-electron chi connectivity index (χ2n) is 3.97. The number of aromatic nitrogens is 2. The quantitative estimate of drug-likeness (QED) is 0.866. The minimum atomic E-state index is -4.24. The van der Waals surface area contributed by atoms with Gasteiger partial charge >= 0.3 is 6.18 Å². The first-order valence-electron chi connectivity index (χ1n) is 5.12. The maximum absolute atomic E-state index is 12.5. The molecule has 92 valence electrons. The molecule has 1 aromatic rings. The van der Waals surface area contributed by atoms with Crippen LogP contribution in [0, 0.1) is 0 Å². The third-order valence-electron chi connectivity index (χ3n) is 2.35. The largest absolute Gasteiger partial charge is 0.404 e. The van der Waals surface area contributed by atoms with E-state index in [0.717, 1.165) is 0 Å². The van der Waals surface area contributed by atoms with E-state index in [2.05, 4.69) is 10.4 Å². The van der Waals surface area contributed by atoms with Crippen LogP contribution >= 0.6 is 0 Å². The van der Waals surface area contributed by atoms with Crippen LogP contribution in [-0.4, -0.2) is 29.0 Å². The zero-order valence-electron chi connectivity index (χ0n) is 9.54. The van der Waals surface area contributed by atoms with Crippen LogP contribution in [0.1, 0.15) is 25.6 Å². The summed E-state index contributed by atoms with van der Waals surface area (Å²) in [4.78, 5) is 0. The molecule has 0 saturated heterocycles. The van der Waals surface area contributed by atoms with Crippen molar-refractivity contribution in [1.29, 1.82) is 0 Å². The SMILES string of the molecule is CNC(Cc1ccn(C(C)C)n1)C(F)(F)F. The number of hydrogen-bond acceptors (Lipinski definition) is 2. The summed E-state index contributed by atoms with van der Waals surface area (Å²) < 4.78 is 39.1. The lowest BCUT2D eigenvalue weighted by atomic mass is 10.1. The van der Waals surface area contributed by atoms with Gasteiger partial charge < -0.3 is 5.32 Å². The summed E-state index contributed by atoms with van der Waals surface area (Å²) >= 11 is 0. The minimum Gasteiger partial charge on any atom is -0.309 e. The normalized spacial score (nSPS) is 14.4. The highest BCUT2D eigenvalue weighted by Crippen LogP contribution is 2.22. The van der Waals surface area contributed by atoms with E-state index in [0.29, 0.717) is 5.69 Å². The first-order chi connectivity index (χ1) is 7.34. The van der Waals surface area contributed by atoms with Gasteiger partial charge in [0, 0.05) is 18.7 Å². The van der Waals surface area contributed by atoms with Crippen molar-refractivity contribution < 1.29 is 13.2 Å². The number of likely N-dealkylation sites (N-methyl/N-ethyl adjacent to an activating group) is 1. The van der Waals surface area contributed by atoms with Gasteiger partial charge in [0.05, 0.1) is 5.69 Å². The first kappa shape index (κ1) is 13.0. The van der Waals surface area contributed by atoms with Crippen molar-refractivity contribution in [2.45, 2.75) is 38.5 Å². The maximum Gasteiger partial charge on any atom is 0.404 e. The third-order valence-corrected chi connectivity index (χ3v) is 2.35. The van der Waals surface area contributed by atoms with Crippen molar-refractivity contribution >= 4 is 0 Å². The number of nitrogens with one attached hydrogen (secondary N) is 1. The lowest BCUT2D eigenvalue weighted by Crippen LogP contribution is -2.41. The first-order valence-corrected chi connectivity index (χ1v) is 5.12. The lowest BCUT2D eigenvalue weighted by Gasteiger charge is -2.18. The molecule has 0 aliphatic carbocycles. The maximum atomic E-state index is 12.5. The van der Waals surface area contributed by atoms with E-state index in [1.165, 1.54) is 7.05 Å². The average molecular weight is 235 g/mol. The summed E-state index contributed by atoms with van der Waals surface area (Å²) in [5, 5.41) is 6.34. The zero-order valence-corrected chi connectivity index (χ0v) is 9.54. The second-order valence-corrected chi connectivity index (χ2v) is 3.97. The Hall–Kier alpha value is -1.04. The fourth-order valence-electron chi connectivity index (χ4n) is 1.36. The van der Waals surface area contributed by atoms with Gasteiger partial charge in [-0.1, -0.05) is 0 Å². The Bertz CT molecular complexity index is 330. The van der Waals surface area contributed by atoms with Gasteiger partial charge in [0.2, 0.25) is 0 Å². The molecule has 16 heavy (non-hydrogen) atoms. The Morgan fingerprint density at radius 3 is 2.44 bits per heavy atom. The number of nitrogens with zero attached hydrogens (tertiary/aromatic N) is 2. The molecule has 0 aromatic carbocycles. The van der Waals surface area contributed by atoms with E-state index in [1.54, 1.807) is 16.9 Å². The molecule has 1 unspecified atom stereocenters. The molecule has 6 heteroatoms. The van der Waals surface area contributed by atoms with Crippen molar-refractivity contribution in [3.05, 3.63) is 18.0 Å². The van der Waals surface area contributed by atoms with Crippen LogP contribution in [-0.2, 0) is 6.42 Å². The Morgan fingerprint density at radius 1 is 1.44 bits per heavy atom. The van der Waals surface area contributed by atoms with Crippen LogP contribution in [0.15, 0.2) is 12.3 Å². The number of alkyl halides is 3. The highest BCUT2D eigenvalue weighted by Gasteiger charge is 2.38. The lowest BCUT2D eigenvalue weighted by molar-refractivity contribution is -0.154. The molecule has 1 aromatic heterocycles. The van der Waals surface area contributed by atoms with Crippen molar-refractivity contribution in [3.8, 4) is 0 Å². The summed E-state index contributed by atoms with van der Waals surface area (Å²) in [6, 6.07) is 0.242. The average Bonchev–Trinajstić information content (AvgIpc) is 2.60. The molecule has 0 spiro atoms. The van der Waals surface area contributed by atoms with Crippen LogP contribution < -0.4 is 5.32 Å². The van der Waals surface area contributed by atoms with E-state index in [4.69, 9.17) is 0 Å². The van der Waals surface area contributed by atoms with Crippen molar-refractivity contribution in [2.75, 3.05) is 7.05 Å². The molecule has 0 saturated carbocycles. The molecular weight excluding hydrogens is 219 g/mol. The van der Waals surface area contributed by atoms with Gasteiger partial charge in [-0.25, -0.2) is 0 Å². The van der Waals surface area contributed by atoms with E-state index in [1.807, 2.05) is 13.8 Å². The van der Waals surface area contributed by atoms with Crippen LogP contribution in [0.3, 0.4) is 0 Å². The molecule has 0 fully saturated rings. The fraction of sp³-hybridized carbons (Fsp3) is 0.700. The summed E-state index contributed by atoms with van der Waals surface area (Å²) in [5.74, 6) is 0. The predicted molar refractivity (Wildman–Crippen MR) is 55.2 cm³/mol. The number of hydrogen-bond donors (Lipinski definition) is 1. The van der Waals surface area contributed by atoms with E-state index in [-0.39, 0.29) is 12.5 Å². The van der Waals surface area contributed by atoms with Gasteiger partial charge in [-0.2, -0.15) is 18.3 Å². The van der Waals surface area contributed by atoms with Crippen LogP contribution in [0.2, 0.25) is 0 Å². The molecule has 0 bridgehead atoms.